The molecule has 0 saturated heterocycles. The Hall–Kier alpha value is -6.39. The Balaban J connectivity index is 1.07. The summed E-state index contributed by atoms with van der Waals surface area (Å²) in [5.74, 6) is 0.934. The zero-order valence-electron chi connectivity index (χ0n) is 27.8. The Morgan fingerprint density at radius 2 is 1.08 bits per heavy atom. The number of nitrogens with zero attached hydrogens (tertiary/aromatic N) is 3. The van der Waals surface area contributed by atoms with Crippen molar-refractivity contribution in [1.29, 1.82) is 0 Å². The third-order valence-corrected chi connectivity index (χ3v) is 10.4. The van der Waals surface area contributed by atoms with Crippen LogP contribution in [0.15, 0.2) is 168 Å². The van der Waals surface area contributed by atoms with E-state index < -0.39 is 0 Å². The molecule has 1 aliphatic rings. The molecule has 0 bridgehead atoms. The summed E-state index contributed by atoms with van der Waals surface area (Å²) in [5.41, 5.74) is 14.4. The lowest BCUT2D eigenvalue weighted by molar-refractivity contribution is 0.632. The van der Waals surface area contributed by atoms with Crippen LogP contribution in [0.2, 0.25) is 0 Å². The van der Waals surface area contributed by atoms with Gasteiger partial charge in [-0.25, -0.2) is 4.98 Å². The molecule has 0 saturated carbocycles. The molecule has 0 aliphatic carbocycles. The summed E-state index contributed by atoms with van der Waals surface area (Å²) in [4.78, 5) is 7.42. The second-order valence-corrected chi connectivity index (χ2v) is 13.7. The van der Waals surface area contributed by atoms with Gasteiger partial charge in [0.25, 0.3) is 0 Å². The van der Waals surface area contributed by atoms with Crippen molar-refractivity contribution in [2.45, 2.75) is 19.3 Å². The molecule has 10 rings (SSSR count). The van der Waals surface area contributed by atoms with Crippen molar-refractivity contribution < 1.29 is 4.42 Å². The van der Waals surface area contributed by atoms with Crippen LogP contribution < -0.4 is 4.90 Å². The van der Waals surface area contributed by atoms with Crippen LogP contribution in [0.1, 0.15) is 25.0 Å². The average Bonchev–Trinajstić information content (AvgIpc) is 3.74. The smallest absolute Gasteiger partial charge is 0.145 e. The maximum Gasteiger partial charge on any atom is 0.145 e. The SMILES string of the molecule is CC1(C)c2ccccc2N(c2ccc3oc4ccc(-c5ccc(-n6c(-c7ccccc7)nc7ccccc76)cc5)cc4c3c2)c2ccccc21. The number of benzene rings is 7. The fourth-order valence-corrected chi connectivity index (χ4v) is 7.90. The minimum Gasteiger partial charge on any atom is -0.456 e. The minimum absolute atomic E-state index is 0.103. The normalized spacial score (nSPS) is 13.5. The molecule has 238 valence electrons. The Morgan fingerprint density at radius 3 is 1.82 bits per heavy atom. The van der Waals surface area contributed by atoms with Crippen molar-refractivity contribution in [3.63, 3.8) is 0 Å². The van der Waals surface area contributed by atoms with Gasteiger partial charge in [-0.05, 0) is 89.0 Å². The van der Waals surface area contributed by atoms with Crippen molar-refractivity contribution in [2.75, 3.05) is 4.90 Å². The quantitative estimate of drug-likeness (QED) is 0.191. The molecule has 9 aromatic rings. The lowest BCUT2D eigenvalue weighted by atomic mass is 9.73. The van der Waals surface area contributed by atoms with Crippen LogP contribution in [-0.2, 0) is 5.41 Å². The van der Waals surface area contributed by atoms with Gasteiger partial charge in [0.15, 0.2) is 0 Å². The Kier molecular flexibility index (Phi) is 6.19. The molecular weight excluding hydrogens is 611 g/mol. The van der Waals surface area contributed by atoms with Gasteiger partial charge in [-0.3, -0.25) is 4.57 Å². The monoisotopic (exact) mass is 643 g/mol. The van der Waals surface area contributed by atoms with Crippen LogP contribution in [0.4, 0.5) is 17.1 Å². The number of hydrogen-bond acceptors (Lipinski definition) is 3. The molecule has 0 N–H and O–H groups in total. The molecule has 1 aliphatic heterocycles. The van der Waals surface area contributed by atoms with E-state index >= 15 is 0 Å². The van der Waals surface area contributed by atoms with E-state index in [1.54, 1.807) is 0 Å². The van der Waals surface area contributed by atoms with Gasteiger partial charge >= 0.3 is 0 Å². The summed E-state index contributed by atoms with van der Waals surface area (Å²) in [5, 5.41) is 2.21. The number of furan rings is 1. The summed E-state index contributed by atoms with van der Waals surface area (Å²) in [6.07, 6.45) is 0. The molecule has 0 unspecified atom stereocenters. The Bertz CT molecular complexity index is 2680. The van der Waals surface area contributed by atoms with Crippen LogP contribution in [0.3, 0.4) is 0 Å². The van der Waals surface area contributed by atoms with Crippen LogP contribution in [0.25, 0.3) is 61.2 Å². The first-order valence-corrected chi connectivity index (χ1v) is 17.1. The highest BCUT2D eigenvalue weighted by Crippen LogP contribution is 2.52. The van der Waals surface area contributed by atoms with Crippen LogP contribution in [-0.4, -0.2) is 9.55 Å². The molecular formula is C46H33N3O. The molecule has 7 aromatic carbocycles. The molecule has 0 atom stereocenters. The summed E-state index contributed by atoms with van der Waals surface area (Å²) >= 11 is 0. The Labute approximate surface area is 290 Å². The maximum atomic E-state index is 6.39. The standard InChI is InChI=1S/C46H33N3O/c1-46(2)37-14-6-9-17-40(37)48(41-18-10-7-15-38(41)46)34-25-27-44-36(29-34)35-28-32(22-26-43(35)50-44)30-20-23-33(24-21-30)49-42-19-11-8-16-39(42)47-45(49)31-12-4-3-5-13-31/h3-29H,1-2H3. The molecule has 4 nitrogen and oxygen atoms in total. The number of para-hydroxylation sites is 4. The molecule has 0 spiro atoms. The lowest BCUT2D eigenvalue weighted by Gasteiger charge is -2.42. The topological polar surface area (TPSA) is 34.2 Å². The van der Waals surface area contributed by atoms with Crippen LogP contribution in [0, 0.1) is 0 Å². The second-order valence-electron chi connectivity index (χ2n) is 13.7. The molecule has 2 aromatic heterocycles. The van der Waals surface area contributed by atoms with E-state index in [0.717, 1.165) is 66.9 Å². The van der Waals surface area contributed by atoms with E-state index in [-0.39, 0.29) is 5.41 Å². The van der Waals surface area contributed by atoms with Crippen molar-refractivity contribution in [2.24, 2.45) is 0 Å². The summed E-state index contributed by atoms with van der Waals surface area (Å²) < 4.78 is 8.64. The van der Waals surface area contributed by atoms with Crippen molar-refractivity contribution in [1.82, 2.24) is 9.55 Å². The fourth-order valence-electron chi connectivity index (χ4n) is 7.90. The van der Waals surface area contributed by atoms with Crippen molar-refractivity contribution in [3.8, 4) is 28.2 Å². The van der Waals surface area contributed by atoms with Gasteiger partial charge in [-0.2, -0.15) is 0 Å². The van der Waals surface area contributed by atoms with Gasteiger partial charge in [-0.15, -0.1) is 0 Å². The van der Waals surface area contributed by atoms with Gasteiger partial charge in [0.05, 0.1) is 22.4 Å². The van der Waals surface area contributed by atoms with E-state index in [4.69, 9.17) is 9.40 Å². The first kappa shape index (κ1) is 28.6. The number of imidazole rings is 1. The molecule has 0 radical (unpaired) electrons. The lowest BCUT2D eigenvalue weighted by Crippen LogP contribution is -2.30. The first-order chi connectivity index (χ1) is 24.5. The van der Waals surface area contributed by atoms with E-state index in [0.29, 0.717) is 0 Å². The molecule has 0 amide bonds. The number of aromatic nitrogens is 2. The minimum atomic E-state index is -0.103. The van der Waals surface area contributed by atoms with Crippen molar-refractivity contribution in [3.05, 3.63) is 175 Å². The maximum absolute atomic E-state index is 6.39. The first-order valence-electron chi connectivity index (χ1n) is 17.1. The zero-order valence-corrected chi connectivity index (χ0v) is 27.8. The van der Waals surface area contributed by atoms with Crippen molar-refractivity contribution >= 4 is 50.0 Å². The molecule has 50 heavy (non-hydrogen) atoms. The van der Waals surface area contributed by atoms with Crippen LogP contribution in [0.5, 0.6) is 0 Å². The summed E-state index contributed by atoms with van der Waals surface area (Å²) in [7, 11) is 0. The summed E-state index contributed by atoms with van der Waals surface area (Å²) in [6, 6.07) is 58.2. The van der Waals surface area contributed by atoms with Gasteiger partial charge in [0, 0.05) is 33.1 Å². The van der Waals surface area contributed by atoms with Gasteiger partial charge in [-0.1, -0.05) is 111 Å². The Morgan fingerprint density at radius 1 is 0.500 bits per heavy atom. The zero-order chi connectivity index (χ0) is 33.4. The third kappa shape index (κ3) is 4.28. The highest BCUT2D eigenvalue weighted by molar-refractivity contribution is 6.08. The highest BCUT2D eigenvalue weighted by atomic mass is 16.3. The molecule has 0 fully saturated rings. The predicted octanol–water partition coefficient (Wildman–Crippen LogP) is 12.4. The van der Waals surface area contributed by atoms with E-state index in [1.165, 1.54) is 22.5 Å². The highest BCUT2D eigenvalue weighted by Gasteiger charge is 2.36. The number of rotatable bonds is 4. The second kappa shape index (κ2) is 10.8. The number of anilines is 3. The van der Waals surface area contributed by atoms with E-state index in [9.17, 15) is 0 Å². The van der Waals surface area contributed by atoms with Crippen LogP contribution >= 0.6 is 0 Å². The largest absolute Gasteiger partial charge is 0.456 e. The summed E-state index contributed by atoms with van der Waals surface area (Å²) in [6.45, 7) is 4.64. The average molecular weight is 644 g/mol. The molecule has 4 heteroatoms. The van der Waals surface area contributed by atoms with E-state index in [2.05, 4.69) is 175 Å². The molecule has 3 heterocycles. The number of fused-ring (bicyclic) bond motifs is 6. The van der Waals surface area contributed by atoms with E-state index in [1.807, 2.05) is 12.1 Å². The predicted molar refractivity (Wildman–Crippen MR) is 206 cm³/mol. The van der Waals surface area contributed by atoms with Gasteiger partial charge in [0.2, 0.25) is 0 Å². The fraction of sp³-hybridized carbons (Fsp3) is 0.0652. The third-order valence-electron chi connectivity index (χ3n) is 10.4. The van der Waals surface area contributed by atoms with Gasteiger partial charge < -0.3 is 9.32 Å². The number of hydrogen-bond donors (Lipinski definition) is 0. The van der Waals surface area contributed by atoms with Gasteiger partial charge in [0.1, 0.15) is 17.0 Å².